The van der Waals surface area contributed by atoms with Crippen molar-refractivity contribution in [1.82, 2.24) is 10.3 Å². The molecule has 1 amide bonds. The van der Waals surface area contributed by atoms with Gasteiger partial charge in [-0.2, -0.15) is 0 Å². The lowest BCUT2D eigenvalue weighted by Crippen LogP contribution is -2.37. The first kappa shape index (κ1) is 15.8. The molecule has 116 valence electrons. The number of likely N-dealkylation sites (tertiary alicyclic amines) is 1. The normalized spacial score (nSPS) is 22.2. The van der Waals surface area contributed by atoms with Gasteiger partial charge in [0.15, 0.2) is 0 Å². The molecule has 1 aromatic carbocycles. The number of hydrazine groups is 1. The number of carbonyl (C=O) groups is 1. The fraction of sp³-hybridized carbons (Fsp3) is 0.533. The van der Waals surface area contributed by atoms with Crippen LogP contribution in [0.4, 0.5) is 0 Å². The molecule has 4 N–H and O–H groups in total. The zero-order valence-electron chi connectivity index (χ0n) is 12.3. The van der Waals surface area contributed by atoms with Gasteiger partial charge in [-0.1, -0.05) is 6.92 Å². The highest BCUT2D eigenvalue weighted by Crippen LogP contribution is 2.23. The smallest absolute Gasteiger partial charge is 0.265 e. The fourth-order valence-electron chi connectivity index (χ4n) is 2.73. The summed E-state index contributed by atoms with van der Waals surface area (Å²) in [6, 6.07) is 7.09. The zero-order chi connectivity index (χ0) is 15.2. The minimum Gasteiger partial charge on any atom is -0.492 e. The third-order valence-corrected chi connectivity index (χ3v) is 4.08. The number of aliphatic hydroxyl groups excluding tert-OH is 1. The first-order chi connectivity index (χ1) is 10.2. The monoisotopic (exact) mass is 293 g/mol. The average Bonchev–Trinajstić information content (AvgIpc) is 2.87. The Bertz CT molecular complexity index is 464. The van der Waals surface area contributed by atoms with E-state index in [2.05, 4.69) is 17.2 Å². The van der Waals surface area contributed by atoms with Crippen molar-refractivity contribution in [3.8, 4) is 5.75 Å². The number of carbonyl (C=O) groups excluding carboxylic acids is 1. The first-order valence-electron chi connectivity index (χ1n) is 7.24. The van der Waals surface area contributed by atoms with Gasteiger partial charge in [-0.25, -0.2) is 5.84 Å². The lowest BCUT2D eigenvalue weighted by molar-refractivity contribution is 0.0953. The Morgan fingerprint density at radius 2 is 2.19 bits per heavy atom. The third-order valence-electron chi connectivity index (χ3n) is 4.08. The Balaban J connectivity index is 1.80. The predicted octanol–water partition coefficient (Wildman–Crippen LogP) is 0.372. The van der Waals surface area contributed by atoms with Crippen LogP contribution in [0, 0.1) is 5.92 Å². The summed E-state index contributed by atoms with van der Waals surface area (Å²) in [5.41, 5.74) is 2.58. The van der Waals surface area contributed by atoms with E-state index in [-0.39, 0.29) is 18.6 Å². The summed E-state index contributed by atoms with van der Waals surface area (Å²) >= 11 is 0. The van der Waals surface area contributed by atoms with E-state index in [1.807, 2.05) is 0 Å². The number of hydrogen-bond donors (Lipinski definition) is 3. The number of nitrogens with two attached hydrogens (primary N) is 1. The summed E-state index contributed by atoms with van der Waals surface area (Å²) in [6.07, 6.45) is 1.12. The molecule has 0 aromatic heterocycles. The van der Waals surface area contributed by atoms with Gasteiger partial charge >= 0.3 is 0 Å². The highest BCUT2D eigenvalue weighted by molar-refractivity contribution is 5.93. The zero-order valence-corrected chi connectivity index (χ0v) is 12.3. The molecular weight excluding hydrogens is 270 g/mol. The molecule has 6 heteroatoms. The number of aliphatic hydroxyl groups is 1. The van der Waals surface area contributed by atoms with Crippen molar-refractivity contribution < 1.29 is 14.6 Å². The lowest BCUT2D eigenvalue weighted by atomic mass is 10.0. The standard InChI is InChI=1S/C15H23N3O3/c1-11-6-7-18(14(11)10-19)8-9-21-13-4-2-12(3-5-13)15(20)17-16/h2-5,11,14,19H,6-10,16H2,1H3,(H,17,20). The Morgan fingerprint density at radius 1 is 1.48 bits per heavy atom. The van der Waals surface area contributed by atoms with Crippen LogP contribution in [0.2, 0.25) is 0 Å². The van der Waals surface area contributed by atoms with E-state index in [9.17, 15) is 9.90 Å². The SMILES string of the molecule is CC1CCN(CCOc2ccc(C(=O)NN)cc2)C1CO. The van der Waals surface area contributed by atoms with Crippen molar-refractivity contribution in [2.24, 2.45) is 11.8 Å². The van der Waals surface area contributed by atoms with Gasteiger partial charge in [-0.15, -0.1) is 0 Å². The molecule has 1 aliphatic heterocycles. The second-order valence-corrected chi connectivity index (χ2v) is 5.40. The molecule has 0 saturated carbocycles. The largest absolute Gasteiger partial charge is 0.492 e. The number of ether oxygens (including phenoxy) is 1. The summed E-state index contributed by atoms with van der Waals surface area (Å²) in [6.45, 7) is 4.73. The number of nitrogens with zero attached hydrogens (tertiary/aromatic N) is 1. The van der Waals surface area contributed by atoms with Crippen LogP contribution in [0.15, 0.2) is 24.3 Å². The van der Waals surface area contributed by atoms with Crippen molar-refractivity contribution in [2.45, 2.75) is 19.4 Å². The summed E-state index contributed by atoms with van der Waals surface area (Å²) in [5, 5.41) is 9.40. The molecule has 21 heavy (non-hydrogen) atoms. The molecule has 0 bridgehead atoms. The van der Waals surface area contributed by atoms with Crippen molar-refractivity contribution in [3.63, 3.8) is 0 Å². The highest BCUT2D eigenvalue weighted by Gasteiger charge is 2.29. The molecule has 2 unspecified atom stereocenters. The van der Waals surface area contributed by atoms with E-state index in [0.29, 0.717) is 18.1 Å². The predicted molar refractivity (Wildman–Crippen MR) is 79.8 cm³/mol. The average molecular weight is 293 g/mol. The van der Waals surface area contributed by atoms with E-state index in [4.69, 9.17) is 10.6 Å². The molecule has 1 aromatic rings. The lowest BCUT2D eigenvalue weighted by Gasteiger charge is -2.24. The van der Waals surface area contributed by atoms with Crippen molar-refractivity contribution in [3.05, 3.63) is 29.8 Å². The number of rotatable bonds is 6. The van der Waals surface area contributed by atoms with Gasteiger partial charge in [0.25, 0.3) is 5.91 Å². The molecule has 1 fully saturated rings. The maximum absolute atomic E-state index is 11.3. The second-order valence-electron chi connectivity index (χ2n) is 5.40. The molecule has 1 heterocycles. The van der Waals surface area contributed by atoms with Gasteiger partial charge in [-0.05, 0) is 43.1 Å². The third kappa shape index (κ3) is 3.93. The summed E-state index contributed by atoms with van der Waals surface area (Å²) in [7, 11) is 0. The van der Waals surface area contributed by atoms with Crippen LogP contribution in [-0.2, 0) is 0 Å². The van der Waals surface area contributed by atoms with Crippen LogP contribution in [0.3, 0.4) is 0 Å². The molecule has 1 saturated heterocycles. The van der Waals surface area contributed by atoms with Crippen LogP contribution in [-0.4, -0.2) is 48.3 Å². The maximum Gasteiger partial charge on any atom is 0.265 e. The molecule has 2 atom stereocenters. The van der Waals surface area contributed by atoms with E-state index in [1.165, 1.54) is 0 Å². The van der Waals surface area contributed by atoms with Gasteiger partial charge in [0.1, 0.15) is 12.4 Å². The molecule has 1 aliphatic rings. The Morgan fingerprint density at radius 3 is 2.81 bits per heavy atom. The van der Waals surface area contributed by atoms with Crippen molar-refractivity contribution >= 4 is 5.91 Å². The topological polar surface area (TPSA) is 87.8 Å². The highest BCUT2D eigenvalue weighted by atomic mass is 16.5. The van der Waals surface area contributed by atoms with Crippen LogP contribution in [0.1, 0.15) is 23.7 Å². The molecule has 0 radical (unpaired) electrons. The minimum absolute atomic E-state index is 0.198. The summed E-state index contributed by atoms with van der Waals surface area (Å²) < 4.78 is 5.68. The van der Waals surface area contributed by atoms with Crippen molar-refractivity contribution in [1.29, 1.82) is 0 Å². The van der Waals surface area contributed by atoms with Crippen LogP contribution in [0.25, 0.3) is 0 Å². The van der Waals surface area contributed by atoms with E-state index < -0.39 is 0 Å². The maximum atomic E-state index is 11.3. The van der Waals surface area contributed by atoms with Gasteiger partial charge < -0.3 is 9.84 Å². The van der Waals surface area contributed by atoms with Crippen LogP contribution in [0.5, 0.6) is 5.75 Å². The number of hydrogen-bond acceptors (Lipinski definition) is 5. The Labute approximate surface area is 124 Å². The Hall–Kier alpha value is -1.63. The van der Waals surface area contributed by atoms with E-state index in [1.54, 1.807) is 24.3 Å². The molecular formula is C15H23N3O3. The molecule has 0 aliphatic carbocycles. The summed E-state index contributed by atoms with van der Waals surface area (Å²) in [5.74, 6) is 6.00. The summed E-state index contributed by atoms with van der Waals surface area (Å²) in [4.78, 5) is 13.6. The van der Waals surface area contributed by atoms with E-state index >= 15 is 0 Å². The van der Waals surface area contributed by atoms with E-state index in [0.717, 1.165) is 25.3 Å². The Kier molecular flexibility index (Phi) is 5.55. The number of nitrogen functional groups attached to an aromatic ring is 1. The van der Waals surface area contributed by atoms with Gasteiger partial charge in [0, 0.05) is 18.2 Å². The van der Waals surface area contributed by atoms with Gasteiger partial charge in [0.05, 0.1) is 6.61 Å². The second kappa shape index (κ2) is 7.40. The van der Waals surface area contributed by atoms with Crippen LogP contribution < -0.4 is 16.0 Å². The molecule has 0 spiro atoms. The van der Waals surface area contributed by atoms with Gasteiger partial charge in [0.2, 0.25) is 0 Å². The van der Waals surface area contributed by atoms with Gasteiger partial charge in [-0.3, -0.25) is 15.1 Å². The molecule has 6 nitrogen and oxygen atoms in total. The quantitative estimate of drug-likeness (QED) is 0.401. The molecule has 2 rings (SSSR count). The fourth-order valence-corrected chi connectivity index (χ4v) is 2.73. The minimum atomic E-state index is -0.321. The first-order valence-corrected chi connectivity index (χ1v) is 7.24. The van der Waals surface area contributed by atoms with Crippen molar-refractivity contribution in [2.75, 3.05) is 26.3 Å². The number of amides is 1. The number of nitrogens with one attached hydrogen (secondary N) is 1. The van der Waals surface area contributed by atoms with Crippen LogP contribution >= 0.6 is 0 Å². The number of benzene rings is 1.